The zero-order valence-corrected chi connectivity index (χ0v) is 26.1. The van der Waals surface area contributed by atoms with Crippen LogP contribution in [0.1, 0.15) is 169 Å². The molecule has 0 aromatic heterocycles. The van der Waals surface area contributed by atoms with Crippen molar-refractivity contribution in [3.8, 4) is 0 Å². The van der Waals surface area contributed by atoms with Crippen LogP contribution in [0.25, 0.3) is 0 Å². The van der Waals surface area contributed by atoms with Crippen molar-refractivity contribution in [2.24, 2.45) is 0 Å². The predicted octanol–water partition coefficient (Wildman–Crippen LogP) is 7.99. The van der Waals surface area contributed by atoms with Crippen LogP contribution in [0.4, 0.5) is 0 Å². The molecule has 1 N–H and O–H groups in total. The van der Waals surface area contributed by atoms with E-state index in [4.69, 9.17) is 0 Å². The molecule has 0 saturated carbocycles. The van der Waals surface area contributed by atoms with E-state index in [2.05, 4.69) is 39.0 Å². The molecule has 5 nitrogen and oxygen atoms in total. The molecule has 0 atom stereocenters. The number of quaternary nitrogens is 1. The maximum Gasteiger partial charge on any atom is 0.217 e. The summed E-state index contributed by atoms with van der Waals surface area (Å²) in [5.41, 5.74) is 0.500. The van der Waals surface area contributed by atoms with E-state index in [1.165, 1.54) is 148 Å². The van der Waals surface area contributed by atoms with Gasteiger partial charge in [0.2, 0.25) is 10.4 Å². The van der Waals surface area contributed by atoms with E-state index in [1.54, 1.807) is 4.90 Å². The Morgan fingerprint density at radius 1 is 0.583 bits per heavy atom. The van der Waals surface area contributed by atoms with Crippen molar-refractivity contribution >= 4 is 10.4 Å². The minimum absolute atomic E-state index is 0.0914. The molecule has 0 bridgehead atoms. The van der Waals surface area contributed by atoms with Crippen LogP contribution in [0.2, 0.25) is 0 Å². The average molecular weight is 536 g/mol. The summed E-state index contributed by atoms with van der Waals surface area (Å²) in [6.07, 6.45) is 31.8. The maximum atomic E-state index is 9.45. The summed E-state index contributed by atoms with van der Waals surface area (Å²) in [6.45, 7) is 8.49. The van der Waals surface area contributed by atoms with Crippen LogP contribution in [0.5, 0.6) is 0 Å². The molecule has 0 amide bonds. The number of nitrogens with one attached hydrogen (secondary N) is 1. The second-order valence-corrected chi connectivity index (χ2v) is 12.3. The van der Waals surface area contributed by atoms with Crippen molar-refractivity contribution in [1.29, 1.82) is 0 Å². The summed E-state index contributed by atoms with van der Waals surface area (Å²) in [5.74, 6) is 0. The Hall–Kier alpha value is -0.170. The monoisotopic (exact) mass is 535 g/mol. The molecule has 0 aromatic carbocycles. The molecule has 0 unspecified atom stereocenters. The van der Waals surface area contributed by atoms with Crippen LogP contribution in [-0.2, 0) is 14.6 Å². The lowest BCUT2D eigenvalue weighted by Crippen LogP contribution is -3.14. The second-order valence-electron chi connectivity index (χ2n) is 11.2. The predicted molar refractivity (Wildman–Crippen MR) is 155 cm³/mol. The van der Waals surface area contributed by atoms with E-state index < -0.39 is 10.4 Å². The van der Waals surface area contributed by atoms with E-state index >= 15 is 0 Å². The minimum atomic E-state index is -4.42. The first-order chi connectivity index (χ1) is 17.1. The lowest BCUT2D eigenvalue weighted by atomic mass is 9.87. The number of rotatable bonds is 25. The fourth-order valence-electron chi connectivity index (χ4n) is 4.77. The van der Waals surface area contributed by atoms with Crippen molar-refractivity contribution in [2.75, 3.05) is 20.7 Å². The first kappa shape index (κ1) is 38.0. The highest BCUT2D eigenvalue weighted by Gasteiger charge is 2.29. The third-order valence-electron chi connectivity index (χ3n) is 7.63. The largest absolute Gasteiger partial charge is 0.726 e. The molecule has 0 radical (unpaired) electrons. The lowest BCUT2D eigenvalue weighted by Gasteiger charge is -2.33. The van der Waals surface area contributed by atoms with Crippen molar-refractivity contribution < 1.29 is 22.1 Å². The van der Waals surface area contributed by atoms with Gasteiger partial charge in [0.15, 0.2) is 0 Å². The van der Waals surface area contributed by atoms with Crippen LogP contribution in [-0.4, -0.2) is 39.2 Å². The quantitative estimate of drug-likeness (QED) is 0.0730. The Labute approximate surface area is 227 Å². The Balaban J connectivity index is 0. The summed E-state index contributed by atoms with van der Waals surface area (Å²) >= 11 is 0. The lowest BCUT2D eigenvalue weighted by molar-refractivity contribution is -0.914. The van der Waals surface area contributed by atoms with Crippen LogP contribution in [0.15, 0.2) is 0 Å². The Morgan fingerprint density at radius 2 is 0.861 bits per heavy atom. The fraction of sp³-hybridized carbons (Fsp3) is 1.00. The molecule has 0 spiro atoms. The number of unbranched alkanes of at least 4 members (excludes halogenated alkanes) is 18. The van der Waals surface area contributed by atoms with Gasteiger partial charge in [-0.2, -0.15) is 0 Å². The van der Waals surface area contributed by atoms with Gasteiger partial charge in [0, 0.05) is 12.8 Å². The minimum Gasteiger partial charge on any atom is -0.726 e. The van der Waals surface area contributed by atoms with Crippen LogP contribution in [0, 0.1) is 0 Å². The Bertz CT molecular complexity index is 513. The highest BCUT2D eigenvalue weighted by Crippen LogP contribution is 2.21. The SMILES string of the molecule is CCCCCCCCCCCCC(C)(CCCCCCCCCCCC)[NH+](C)C.CCOS(=O)(=O)[O-]. The molecular formula is C30H65NO4S. The van der Waals surface area contributed by atoms with Gasteiger partial charge < -0.3 is 9.45 Å². The van der Waals surface area contributed by atoms with E-state index in [0.717, 1.165) is 0 Å². The molecule has 6 heteroatoms. The molecule has 220 valence electrons. The van der Waals surface area contributed by atoms with Crippen molar-refractivity contribution in [3.05, 3.63) is 0 Å². The normalized spacial score (nSPS) is 12.1. The molecular weight excluding hydrogens is 470 g/mol. The van der Waals surface area contributed by atoms with Crippen LogP contribution >= 0.6 is 0 Å². The summed E-state index contributed by atoms with van der Waals surface area (Å²) < 4.78 is 32.0. The first-order valence-electron chi connectivity index (χ1n) is 15.5. The summed E-state index contributed by atoms with van der Waals surface area (Å²) in [7, 11) is 0.339. The van der Waals surface area contributed by atoms with Gasteiger partial charge in [0.1, 0.15) is 0 Å². The van der Waals surface area contributed by atoms with Gasteiger partial charge in [0.25, 0.3) is 0 Å². The second kappa shape index (κ2) is 26.4. The van der Waals surface area contributed by atoms with Gasteiger partial charge >= 0.3 is 0 Å². The summed E-state index contributed by atoms with van der Waals surface area (Å²) in [6, 6.07) is 0. The van der Waals surface area contributed by atoms with Crippen LogP contribution in [0.3, 0.4) is 0 Å². The molecule has 0 aliphatic heterocycles. The highest BCUT2D eigenvalue weighted by atomic mass is 32.3. The van der Waals surface area contributed by atoms with Crippen LogP contribution < -0.4 is 4.90 Å². The molecule has 0 aromatic rings. The van der Waals surface area contributed by atoms with E-state index in [-0.39, 0.29) is 6.61 Å². The maximum absolute atomic E-state index is 9.45. The van der Waals surface area contributed by atoms with Crippen molar-refractivity contribution in [2.45, 2.75) is 174 Å². The number of hydrogen-bond acceptors (Lipinski definition) is 4. The zero-order valence-electron chi connectivity index (χ0n) is 25.3. The van der Waals surface area contributed by atoms with E-state index in [9.17, 15) is 13.0 Å². The molecule has 0 rings (SSSR count). The highest BCUT2D eigenvalue weighted by molar-refractivity contribution is 7.80. The summed E-state index contributed by atoms with van der Waals surface area (Å²) in [5, 5.41) is 0. The topological polar surface area (TPSA) is 70.9 Å². The van der Waals surface area contributed by atoms with Gasteiger partial charge in [0.05, 0.1) is 26.2 Å². The Kier molecular flexibility index (Phi) is 27.9. The van der Waals surface area contributed by atoms with E-state index in [0.29, 0.717) is 5.54 Å². The number of hydrogen-bond donors (Lipinski definition) is 1. The average Bonchev–Trinajstić information content (AvgIpc) is 2.81. The van der Waals surface area contributed by atoms with E-state index in [1.807, 2.05) is 0 Å². The molecule has 0 aliphatic carbocycles. The molecule has 36 heavy (non-hydrogen) atoms. The smallest absolute Gasteiger partial charge is 0.217 e. The first-order valence-corrected chi connectivity index (χ1v) is 16.9. The third kappa shape index (κ3) is 28.4. The van der Waals surface area contributed by atoms with Gasteiger partial charge in [-0.05, 0) is 26.7 Å². The molecule has 0 saturated heterocycles. The molecule has 0 heterocycles. The van der Waals surface area contributed by atoms with Crippen molar-refractivity contribution in [3.63, 3.8) is 0 Å². The molecule has 0 aliphatic rings. The Morgan fingerprint density at radius 3 is 1.06 bits per heavy atom. The third-order valence-corrected chi connectivity index (χ3v) is 8.16. The van der Waals surface area contributed by atoms with Gasteiger partial charge in [-0.15, -0.1) is 0 Å². The standard InChI is InChI=1S/C28H59N.C2H6O4S/c1-6-8-10-12-14-16-18-20-22-24-26-28(3,29(4)5)27-25-23-21-19-17-15-13-11-9-7-2;1-2-6-7(3,4)5/h6-27H2,1-5H3;2H2,1H3,(H,3,4,5). The van der Waals surface area contributed by atoms with Crippen molar-refractivity contribution in [1.82, 2.24) is 0 Å². The zero-order chi connectivity index (χ0) is 27.5. The molecule has 0 fully saturated rings. The van der Waals surface area contributed by atoms with Gasteiger partial charge in [-0.3, -0.25) is 4.18 Å². The van der Waals surface area contributed by atoms with Gasteiger partial charge in [-0.25, -0.2) is 8.42 Å². The van der Waals surface area contributed by atoms with Gasteiger partial charge in [-0.1, -0.05) is 129 Å². The summed E-state index contributed by atoms with van der Waals surface area (Å²) in [4.78, 5) is 1.67. The fourth-order valence-corrected chi connectivity index (χ4v) is 5.06.